The molecule has 1 amide bonds. The van der Waals surface area contributed by atoms with Crippen LogP contribution in [-0.2, 0) is 14.3 Å². The molecule has 0 spiro atoms. The lowest BCUT2D eigenvalue weighted by molar-refractivity contribution is -0.117. The summed E-state index contributed by atoms with van der Waals surface area (Å²) < 4.78 is 11.0. The minimum absolute atomic E-state index is 0.0690. The van der Waals surface area contributed by atoms with E-state index in [0.717, 1.165) is 12.8 Å². The largest absolute Gasteiger partial charge is 0.444 e. The van der Waals surface area contributed by atoms with Gasteiger partial charge in [-0.2, -0.15) is 0 Å². The molecule has 0 saturated carbocycles. The number of hydrogen-bond acceptors (Lipinski definition) is 4. The Morgan fingerprint density at radius 1 is 1.32 bits per heavy atom. The van der Waals surface area contributed by atoms with Gasteiger partial charge < -0.3 is 19.2 Å². The van der Waals surface area contributed by atoms with Crippen molar-refractivity contribution in [2.75, 3.05) is 19.7 Å². The average Bonchev–Trinajstić information content (AvgIpc) is 2.70. The maximum atomic E-state index is 11.8. The first-order valence-corrected chi connectivity index (χ1v) is 6.87. The van der Waals surface area contributed by atoms with Gasteiger partial charge in [-0.25, -0.2) is 4.79 Å². The number of Topliss-reactive ketones (excluding diaryl/α,β-unsaturated/α-hetero) is 1. The second-order valence-electron chi connectivity index (χ2n) is 6.01. The van der Waals surface area contributed by atoms with Crippen molar-refractivity contribution in [2.24, 2.45) is 0 Å². The van der Waals surface area contributed by atoms with E-state index in [1.807, 2.05) is 20.8 Å². The fourth-order valence-corrected chi connectivity index (χ4v) is 1.93. The van der Waals surface area contributed by atoms with Crippen LogP contribution >= 0.6 is 0 Å². The molecular formula is C14H25NO4. The van der Waals surface area contributed by atoms with Gasteiger partial charge in [0.25, 0.3) is 0 Å². The first-order valence-electron chi connectivity index (χ1n) is 6.87. The highest BCUT2D eigenvalue weighted by atomic mass is 16.6. The molecule has 0 radical (unpaired) electrons. The Kier molecular flexibility index (Phi) is 5.79. The number of carbonyl (C=O) groups is 2. The van der Waals surface area contributed by atoms with Gasteiger partial charge in [-0.15, -0.1) is 0 Å². The van der Waals surface area contributed by atoms with Crippen LogP contribution < -0.4 is 0 Å². The molecule has 0 aromatic rings. The van der Waals surface area contributed by atoms with Gasteiger partial charge in [0, 0.05) is 19.6 Å². The molecule has 1 rings (SSSR count). The Morgan fingerprint density at radius 3 is 2.58 bits per heavy atom. The molecule has 5 nitrogen and oxygen atoms in total. The van der Waals surface area contributed by atoms with Crippen LogP contribution in [0.4, 0.5) is 4.79 Å². The van der Waals surface area contributed by atoms with Gasteiger partial charge in [-0.05, 0) is 40.5 Å². The molecule has 0 aromatic carbocycles. The van der Waals surface area contributed by atoms with Crippen LogP contribution in [0.1, 0.15) is 47.0 Å². The van der Waals surface area contributed by atoms with Crippen LogP contribution in [0.5, 0.6) is 0 Å². The summed E-state index contributed by atoms with van der Waals surface area (Å²) in [7, 11) is 0. The van der Waals surface area contributed by atoms with Crippen molar-refractivity contribution < 1.29 is 19.1 Å². The number of hydrogen-bond donors (Lipinski definition) is 0. The third-order valence-corrected chi connectivity index (χ3v) is 2.82. The predicted molar refractivity (Wildman–Crippen MR) is 72.1 cm³/mol. The Morgan fingerprint density at radius 2 is 2.00 bits per heavy atom. The van der Waals surface area contributed by atoms with E-state index in [4.69, 9.17) is 9.47 Å². The fraction of sp³-hybridized carbons (Fsp3) is 0.857. The Hall–Kier alpha value is -1.10. The molecule has 0 unspecified atom stereocenters. The smallest absolute Gasteiger partial charge is 0.410 e. The lowest BCUT2D eigenvalue weighted by Gasteiger charge is -2.24. The van der Waals surface area contributed by atoms with Gasteiger partial charge in [0.1, 0.15) is 11.4 Å². The number of rotatable bonds is 5. The number of nitrogens with zero attached hydrogens (tertiary/aromatic N) is 1. The number of ketones is 1. The van der Waals surface area contributed by atoms with Crippen LogP contribution in [0.25, 0.3) is 0 Å². The van der Waals surface area contributed by atoms with Crippen molar-refractivity contribution in [2.45, 2.75) is 58.7 Å². The summed E-state index contributed by atoms with van der Waals surface area (Å²) in [5.41, 5.74) is -0.461. The van der Waals surface area contributed by atoms with Crippen molar-refractivity contribution >= 4 is 11.9 Å². The van der Waals surface area contributed by atoms with Crippen molar-refractivity contribution in [1.29, 1.82) is 0 Å². The summed E-state index contributed by atoms with van der Waals surface area (Å²) in [6.45, 7) is 8.98. The van der Waals surface area contributed by atoms with E-state index in [2.05, 4.69) is 0 Å². The van der Waals surface area contributed by atoms with E-state index < -0.39 is 5.60 Å². The molecule has 1 heterocycles. The minimum Gasteiger partial charge on any atom is -0.444 e. The molecule has 0 N–H and O–H groups in total. The zero-order valence-electron chi connectivity index (χ0n) is 12.4. The first kappa shape index (κ1) is 16.0. The van der Waals surface area contributed by atoms with Gasteiger partial charge in [-0.1, -0.05) is 0 Å². The summed E-state index contributed by atoms with van der Waals surface area (Å²) >= 11 is 0. The van der Waals surface area contributed by atoms with Crippen LogP contribution in [0.3, 0.4) is 0 Å². The predicted octanol–water partition coefficient (Wildman–Crippen LogP) is 2.38. The Balaban J connectivity index is 2.22. The van der Waals surface area contributed by atoms with E-state index >= 15 is 0 Å². The number of ether oxygens (including phenoxy) is 2. The molecule has 1 atom stereocenters. The Bertz CT molecular complexity index is 322. The van der Waals surface area contributed by atoms with Gasteiger partial charge >= 0.3 is 6.09 Å². The average molecular weight is 271 g/mol. The maximum absolute atomic E-state index is 11.8. The topological polar surface area (TPSA) is 55.8 Å². The number of amides is 1. The quantitative estimate of drug-likeness (QED) is 0.720. The molecule has 0 aliphatic carbocycles. The van der Waals surface area contributed by atoms with Gasteiger partial charge in [0.15, 0.2) is 0 Å². The van der Waals surface area contributed by atoms with Crippen molar-refractivity contribution in [3.8, 4) is 0 Å². The summed E-state index contributed by atoms with van der Waals surface area (Å²) in [6, 6.07) is 0. The molecule has 0 aromatic heterocycles. The van der Waals surface area contributed by atoms with E-state index in [9.17, 15) is 9.59 Å². The lowest BCUT2D eigenvalue weighted by atomic mass is 10.2. The molecule has 1 saturated heterocycles. The maximum Gasteiger partial charge on any atom is 0.410 e. The molecule has 0 bridgehead atoms. The SMILES string of the molecule is CC(=O)CCCO[C@@H]1CCN(C(=O)OC(C)(C)C)C1. The van der Waals surface area contributed by atoms with E-state index in [0.29, 0.717) is 26.1 Å². The molecular weight excluding hydrogens is 246 g/mol. The molecule has 1 aliphatic rings. The standard InChI is InChI=1S/C14H25NO4/c1-11(16)6-5-9-18-12-7-8-15(10-12)13(17)19-14(2,3)4/h12H,5-10H2,1-4H3/t12-/m1/s1. The molecule has 1 fully saturated rings. The molecule has 5 heteroatoms. The highest BCUT2D eigenvalue weighted by Crippen LogP contribution is 2.17. The normalized spacial score (nSPS) is 19.6. The third kappa shape index (κ3) is 6.57. The van der Waals surface area contributed by atoms with Gasteiger partial charge in [0.2, 0.25) is 0 Å². The van der Waals surface area contributed by atoms with Crippen molar-refractivity contribution in [3.05, 3.63) is 0 Å². The third-order valence-electron chi connectivity index (χ3n) is 2.82. The Labute approximate surface area is 115 Å². The zero-order valence-corrected chi connectivity index (χ0v) is 12.4. The summed E-state index contributed by atoms with van der Waals surface area (Å²) in [4.78, 5) is 24.3. The van der Waals surface area contributed by atoms with Crippen LogP contribution in [-0.4, -0.2) is 48.2 Å². The lowest BCUT2D eigenvalue weighted by Crippen LogP contribution is -2.36. The van der Waals surface area contributed by atoms with E-state index in [-0.39, 0.29) is 18.0 Å². The first-order chi connectivity index (χ1) is 8.78. The monoisotopic (exact) mass is 271 g/mol. The van der Waals surface area contributed by atoms with Gasteiger partial charge in [-0.3, -0.25) is 0 Å². The van der Waals surface area contributed by atoms with E-state index in [1.54, 1.807) is 11.8 Å². The number of carbonyl (C=O) groups excluding carboxylic acids is 2. The van der Waals surface area contributed by atoms with Crippen molar-refractivity contribution in [1.82, 2.24) is 4.90 Å². The van der Waals surface area contributed by atoms with E-state index in [1.165, 1.54) is 0 Å². The van der Waals surface area contributed by atoms with Crippen molar-refractivity contribution in [3.63, 3.8) is 0 Å². The number of likely N-dealkylation sites (tertiary alicyclic amines) is 1. The minimum atomic E-state index is -0.461. The summed E-state index contributed by atoms with van der Waals surface area (Å²) in [6.07, 6.45) is 1.93. The second kappa shape index (κ2) is 6.89. The zero-order chi connectivity index (χ0) is 14.5. The van der Waals surface area contributed by atoms with Crippen LogP contribution in [0, 0.1) is 0 Å². The van der Waals surface area contributed by atoms with Crippen LogP contribution in [0.2, 0.25) is 0 Å². The summed E-state index contributed by atoms with van der Waals surface area (Å²) in [5.74, 6) is 0.186. The second-order valence-corrected chi connectivity index (χ2v) is 6.01. The summed E-state index contributed by atoms with van der Waals surface area (Å²) in [5, 5.41) is 0. The van der Waals surface area contributed by atoms with Gasteiger partial charge in [0.05, 0.1) is 12.6 Å². The highest BCUT2D eigenvalue weighted by Gasteiger charge is 2.29. The molecule has 110 valence electrons. The fourth-order valence-electron chi connectivity index (χ4n) is 1.93. The highest BCUT2D eigenvalue weighted by molar-refractivity contribution is 5.75. The molecule has 1 aliphatic heterocycles. The molecule has 19 heavy (non-hydrogen) atoms. The van der Waals surface area contributed by atoms with Crippen LogP contribution in [0.15, 0.2) is 0 Å².